The zero-order valence-electron chi connectivity index (χ0n) is 11.9. The molecule has 0 bridgehead atoms. The van der Waals surface area contributed by atoms with Gasteiger partial charge in [0.05, 0.1) is 19.2 Å². The van der Waals surface area contributed by atoms with Crippen LogP contribution in [-0.4, -0.2) is 55.2 Å². The molecule has 20 heavy (non-hydrogen) atoms. The molecular weight excluding hydrogens is 274 g/mol. The predicted molar refractivity (Wildman–Crippen MR) is 79.3 cm³/mol. The van der Waals surface area contributed by atoms with Crippen LogP contribution in [0.4, 0.5) is 5.13 Å². The number of esters is 1. The first kappa shape index (κ1) is 13.8. The summed E-state index contributed by atoms with van der Waals surface area (Å²) in [7, 11) is 1.42. The van der Waals surface area contributed by atoms with Gasteiger partial charge in [-0.2, -0.15) is 0 Å². The Hall–Kier alpha value is -1.14. The number of aromatic nitrogens is 1. The Morgan fingerprint density at radius 3 is 2.80 bits per heavy atom. The second-order valence-corrected chi connectivity index (χ2v) is 6.29. The van der Waals surface area contributed by atoms with Gasteiger partial charge in [-0.25, -0.2) is 4.98 Å². The smallest absolute Gasteiger partial charge is 0.305 e. The van der Waals surface area contributed by atoms with Crippen LogP contribution in [0.1, 0.15) is 25.0 Å². The standard InChI is InChI=1S/C14H21N3O2S/c1-19-13(18)5-2-11-10-20-14(15-11)17-8-6-16(7-9-17)12-3-4-12/h10,12H,2-9H2,1H3. The van der Waals surface area contributed by atoms with Crippen molar-refractivity contribution in [2.45, 2.75) is 31.7 Å². The van der Waals surface area contributed by atoms with Crippen LogP contribution in [0.2, 0.25) is 0 Å². The lowest BCUT2D eigenvalue weighted by atomic mass is 10.2. The van der Waals surface area contributed by atoms with Crippen molar-refractivity contribution in [3.63, 3.8) is 0 Å². The molecule has 0 spiro atoms. The summed E-state index contributed by atoms with van der Waals surface area (Å²) in [6.45, 7) is 4.45. The summed E-state index contributed by atoms with van der Waals surface area (Å²) in [5.74, 6) is -0.169. The normalized spacial score (nSPS) is 20.1. The second-order valence-electron chi connectivity index (χ2n) is 5.45. The van der Waals surface area contributed by atoms with Crippen LogP contribution in [0, 0.1) is 0 Å². The van der Waals surface area contributed by atoms with Gasteiger partial charge >= 0.3 is 5.97 Å². The highest BCUT2D eigenvalue weighted by atomic mass is 32.1. The van der Waals surface area contributed by atoms with E-state index in [1.54, 1.807) is 11.3 Å². The third kappa shape index (κ3) is 3.30. The predicted octanol–water partition coefficient (Wildman–Crippen LogP) is 1.53. The molecule has 0 aromatic carbocycles. The highest BCUT2D eigenvalue weighted by Gasteiger charge is 2.31. The molecule has 1 aliphatic carbocycles. The number of rotatable bonds is 5. The molecule has 0 amide bonds. The van der Waals surface area contributed by atoms with Crippen molar-refractivity contribution in [2.75, 3.05) is 38.2 Å². The summed E-state index contributed by atoms with van der Waals surface area (Å²) in [4.78, 5) is 20.7. The molecule has 1 saturated carbocycles. The number of nitrogens with zero attached hydrogens (tertiary/aromatic N) is 3. The van der Waals surface area contributed by atoms with E-state index in [-0.39, 0.29) is 5.97 Å². The molecule has 5 nitrogen and oxygen atoms in total. The summed E-state index contributed by atoms with van der Waals surface area (Å²) in [6.07, 6.45) is 3.85. The van der Waals surface area contributed by atoms with Gasteiger partial charge in [-0.05, 0) is 12.8 Å². The van der Waals surface area contributed by atoms with Crippen molar-refractivity contribution < 1.29 is 9.53 Å². The number of methoxy groups -OCH3 is 1. The lowest BCUT2D eigenvalue weighted by Crippen LogP contribution is -2.47. The van der Waals surface area contributed by atoms with Gasteiger partial charge in [0.25, 0.3) is 0 Å². The average molecular weight is 295 g/mol. The molecule has 2 fully saturated rings. The van der Waals surface area contributed by atoms with E-state index >= 15 is 0 Å². The molecule has 6 heteroatoms. The van der Waals surface area contributed by atoms with Gasteiger partial charge in [0.1, 0.15) is 0 Å². The Labute approximate surface area is 123 Å². The second kappa shape index (κ2) is 6.10. The SMILES string of the molecule is COC(=O)CCc1csc(N2CCN(C3CC3)CC2)n1. The summed E-state index contributed by atoms with van der Waals surface area (Å²) in [5.41, 5.74) is 1.00. The average Bonchev–Trinajstić information content (AvgIpc) is 3.23. The third-order valence-corrected chi connectivity index (χ3v) is 4.95. The molecule has 1 aromatic heterocycles. The van der Waals surface area contributed by atoms with Gasteiger partial charge in [0.2, 0.25) is 0 Å². The fourth-order valence-corrected chi connectivity index (χ4v) is 3.52. The maximum atomic E-state index is 11.1. The minimum Gasteiger partial charge on any atom is -0.469 e. The van der Waals surface area contributed by atoms with Gasteiger partial charge in [0.15, 0.2) is 5.13 Å². The van der Waals surface area contributed by atoms with Crippen molar-refractivity contribution in [1.82, 2.24) is 9.88 Å². The van der Waals surface area contributed by atoms with Crippen LogP contribution in [0.5, 0.6) is 0 Å². The van der Waals surface area contributed by atoms with Crippen molar-refractivity contribution >= 4 is 22.4 Å². The molecule has 1 aromatic rings. The minimum absolute atomic E-state index is 0.169. The quantitative estimate of drug-likeness (QED) is 0.771. The van der Waals surface area contributed by atoms with E-state index in [0.29, 0.717) is 12.8 Å². The molecule has 0 unspecified atom stereocenters. The molecule has 3 rings (SSSR count). The fourth-order valence-electron chi connectivity index (χ4n) is 2.61. The van der Waals surface area contributed by atoms with Gasteiger partial charge in [0, 0.05) is 44.0 Å². The maximum absolute atomic E-state index is 11.1. The van der Waals surface area contributed by atoms with Gasteiger partial charge in [-0.1, -0.05) is 0 Å². The van der Waals surface area contributed by atoms with Crippen LogP contribution >= 0.6 is 11.3 Å². The largest absolute Gasteiger partial charge is 0.469 e. The summed E-state index contributed by atoms with van der Waals surface area (Å²) in [5, 5.41) is 3.16. The van der Waals surface area contributed by atoms with E-state index in [4.69, 9.17) is 0 Å². The molecule has 2 heterocycles. The Kier molecular flexibility index (Phi) is 4.21. The van der Waals surface area contributed by atoms with E-state index in [9.17, 15) is 4.79 Å². The van der Waals surface area contributed by atoms with E-state index in [2.05, 4.69) is 24.9 Å². The summed E-state index contributed by atoms with van der Waals surface area (Å²) >= 11 is 1.68. The van der Waals surface area contributed by atoms with E-state index < -0.39 is 0 Å². The lowest BCUT2D eigenvalue weighted by Gasteiger charge is -2.34. The number of hydrogen-bond donors (Lipinski definition) is 0. The van der Waals surface area contributed by atoms with Crippen molar-refractivity contribution in [3.8, 4) is 0 Å². The molecule has 1 aliphatic heterocycles. The number of anilines is 1. The molecule has 1 saturated heterocycles. The summed E-state index contributed by atoms with van der Waals surface area (Å²) in [6, 6.07) is 0.865. The van der Waals surface area contributed by atoms with Crippen LogP contribution in [0.25, 0.3) is 0 Å². The molecule has 0 radical (unpaired) electrons. The third-order valence-electron chi connectivity index (χ3n) is 4.00. The minimum atomic E-state index is -0.169. The van der Waals surface area contributed by atoms with Gasteiger partial charge < -0.3 is 9.64 Å². The van der Waals surface area contributed by atoms with E-state index in [1.807, 2.05) is 0 Å². The summed E-state index contributed by atoms with van der Waals surface area (Å²) < 4.78 is 4.66. The maximum Gasteiger partial charge on any atom is 0.305 e. The van der Waals surface area contributed by atoms with E-state index in [0.717, 1.165) is 43.0 Å². The Morgan fingerprint density at radius 2 is 2.15 bits per heavy atom. The van der Waals surface area contributed by atoms with Crippen LogP contribution in [0.15, 0.2) is 5.38 Å². The fraction of sp³-hybridized carbons (Fsp3) is 0.714. The molecular formula is C14H21N3O2S. The molecule has 110 valence electrons. The zero-order valence-corrected chi connectivity index (χ0v) is 12.7. The van der Waals surface area contributed by atoms with Gasteiger partial charge in [-0.15, -0.1) is 11.3 Å². The first-order chi connectivity index (χ1) is 9.76. The number of ether oxygens (including phenoxy) is 1. The number of carbonyl (C=O) groups excluding carboxylic acids is 1. The van der Waals surface area contributed by atoms with E-state index in [1.165, 1.54) is 20.0 Å². The number of hydrogen-bond acceptors (Lipinski definition) is 6. The van der Waals surface area contributed by atoms with Crippen LogP contribution < -0.4 is 4.90 Å². The Balaban J connectivity index is 1.50. The van der Waals surface area contributed by atoms with Crippen molar-refractivity contribution in [3.05, 3.63) is 11.1 Å². The topological polar surface area (TPSA) is 45.7 Å². The van der Waals surface area contributed by atoms with Crippen molar-refractivity contribution in [2.24, 2.45) is 0 Å². The first-order valence-corrected chi connectivity index (χ1v) is 8.14. The monoisotopic (exact) mass is 295 g/mol. The molecule has 0 atom stereocenters. The van der Waals surface area contributed by atoms with Crippen LogP contribution in [-0.2, 0) is 16.0 Å². The van der Waals surface area contributed by atoms with Gasteiger partial charge in [-0.3, -0.25) is 9.69 Å². The molecule has 2 aliphatic rings. The highest BCUT2D eigenvalue weighted by molar-refractivity contribution is 7.13. The zero-order chi connectivity index (χ0) is 13.9. The Morgan fingerprint density at radius 1 is 1.40 bits per heavy atom. The number of aryl methyl sites for hydroxylation is 1. The van der Waals surface area contributed by atoms with Crippen molar-refractivity contribution in [1.29, 1.82) is 0 Å². The number of carbonyl (C=O) groups is 1. The highest BCUT2D eigenvalue weighted by Crippen LogP contribution is 2.29. The lowest BCUT2D eigenvalue weighted by molar-refractivity contribution is -0.140. The first-order valence-electron chi connectivity index (χ1n) is 7.26. The number of thiazole rings is 1. The Bertz CT molecular complexity index is 465. The molecule has 0 N–H and O–H groups in total. The number of piperazine rings is 1. The van der Waals surface area contributed by atoms with Crippen LogP contribution in [0.3, 0.4) is 0 Å².